The first-order chi connectivity index (χ1) is 6.40. The molecule has 0 amide bonds. The second kappa shape index (κ2) is 3.70. The third kappa shape index (κ3) is 1.78. The van der Waals surface area contributed by atoms with E-state index in [4.69, 9.17) is 0 Å². The molecule has 0 radical (unpaired) electrons. The average molecular weight is 238 g/mol. The number of hydrogen-bond acceptors (Lipinski definition) is 2. The van der Waals surface area contributed by atoms with Crippen LogP contribution in [0.1, 0.15) is 5.69 Å². The Bertz CT molecular complexity index is 433. The van der Waals surface area contributed by atoms with Crippen LogP contribution in [0.4, 0.5) is 0 Å². The molecule has 0 saturated heterocycles. The summed E-state index contributed by atoms with van der Waals surface area (Å²) in [6.07, 6.45) is 7.51. The summed E-state index contributed by atoms with van der Waals surface area (Å²) < 4.78 is 0. The van der Waals surface area contributed by atoms with Gasteiger partial charge in [-0.25, -0.2) is 9.97 Å². The van der Waals surface area contributed by atoms with Gasteiger partial charge in [0, 0.05) is 11.5 Å². The molecule has 0 fully saturated rings. The Morgan fingerprint density at radius 1 is 1.54 bits per heavy atom. The van der Waals surface area contributed by atoms with Crippen LogP contribution in [0.5, 0.6) is 0 Å². The number of nitrogens with zero attached hydrogens (tertiary/aromatic N) is 2. The zero-order valence-electron chi connectivity index (χ0n) is 6.87. The summed E-state index contributed by atoms with van der Waals surface area (Å²) in [5.74, 6) is 0. The lowest BCUT2D eigenvalue weighted by atomic mass is 10.4. The molecule has 13 heavy (non-hydrogen) atoms. The Kier molecular flexibility index (Phi) is 2.40. The lowest BCUT2D eigenvalue weighted by Gasteiger charge is -1.91. The fourth-order valence-corrected chi connectivity index (χ4v) is 1.28. The molecule has 0 aromatic carbocycles. The van der Waals surface area contributed by atoms with E-state index in [2.05, 4.69) is 30.9 Å². The standard InChI is InChI=1S/C9H8BrN3/c10-4-1-2-7-6-12-9-8(13-7)3-5-11-9/h1-3,5-6H,4H2,(H,11,12). The molecule has 0 atom stereocenters. The predicted molar refractivity (Wildman–Crippen MR) is 56.7 cm³/mol. The summed E-state index contributed by atoms with van der Waals surface area (Å²) in [6.45, 7) is 0. The maximum atomic E-state index is 4.37. The zero-order valence-corrected chi connectivity index (χ0v) is 8.45. The highest BCUT2D eigenvalue weighted by molar-refractivity contribution is 9.09. The van der Waals surface area contributed by atoms with Crippen molar-refractivity contribution >= 4 is 33.2 Å². The van der Waals surface area contributed by atoms with Gasteiger partial charge in [0.05, 0.1) is 11.9 Å². The highest BCUT2D eigenvalue weighted by Crippen LogP contribution is 2.07. The first-order valence-corrected chi connectivity index (χ1v) is 5.05. The number of aromatic amines is 1. The van der Waals surface area contributed by atoms with Crippen LogP contribution in [0.25, 0.3) is 17.2 Å². The summed E-state index contributed by atoms with van der Waals surface area (Å²) in [7, 11) is 0. The molecule has 3 nitrogen and oxygen atoms in total. The van der Waals surface area contributed by atoms with Gasteiger partial charge in [0.15, 0.2) is 5.65 Å². The molecule has 2 rings (SSSR count). The minimum absolute atomic E-state index is 0.830. The summed E-state index contributed by atoms with van der Waals surface area (Å²) in [6, 6.07) is 1.91. The monoisotopic (exact) mass is 237 g/mol. The van der Waals surface area contributed by atoms with E-state index in [9.17, 15) is 0 Å². The number of hydrogen-bond donors (Lipinski definition) is 1. The van der Waals surface area contributed by atoms with E-state index < -0.39 is 0 Å². The number of H-pyrrole nitrogens is 1. The van der Waals surface area contributed by atoms with Gasteiger partial charge >= 0.3 is 0 Å². The Balaban J connectivity index is 2.42. The van der Waals surface area contributed by atoms with Gasteiger partial charge in [-0.3, -0.25) is 0 Å². The number of alkyl halides is 1. The van der Waals surface area contributed by atoms with Crippen molar-refractivity contribution < 1.29 is 0 Å². The molecular weight excluding hydrogens is 230 g/mol. The van der Waals surface area contributed by atoms with Crippen LogP contribution in [0.2, 0.25) is 0 Å². The Morgan fingerprint density at radius 3 is 3.31 bits per heavy atom. The summed E-state index contributed by atoms with van der Waals surface area (Å²) in [4.78, 5) is 11.6. The fraction of sp³-hybridized carbons (Fsp3) is 0.111. The maximum Gasteiger partial charge on any atom is 0.156 e. The van der Waals surface area contributed by atoms with Crippen molar-refractivity contribution in [1.82, 2.24) is 15.0 Å². The minimum Gasteiger partial charge on any atom is -0.345 e. The van der Waals surface area contributed by atoms with Gasteiger partial charge in [-0.2, -0.15) is 0 Å². The molecule has 1 N–H and O–H groups in total. The minimum atomic E-state index is 0.830. The van der Waals surface area contributed by atoms with Gasteiger partial charge in [-0.15, -0.1) is 0 Å². The molecule has 2 aromatic rings. The third-order valence-corrected chi connectivity index (χ3v) is 2.03. The molecule has 2 aromatic heterocycles. The molecule has 0 spiro atoms. The Labute approximate surface area is 84.0 Å². The molecule has 0 saturated carbocycles. The van der Waals surface area contributed by atoms with Crippen LogP contribution in [0.15, 0.2) is 24.5 Å². The summed E-state index contributed by atoms with van der Waals surface area (Å²) in [5.41, 5.74) is 2.61. The third-order valence-electron chi connectivity index (χ3n) is 1.66. The van der Waals surface area contributed by atoms with E-state index in [-0.39, 0.29) is 0 Å². The zero-order chi connectivity index (χ0) is 9.10. The van der Waals surface area contributed by atoms with Crippen molar-refractivity contribution in [2.75, 3.05) is 5.33 Å². The topological polar surface area (TPSA) is 41.6 Å². The second-order valence-corrected chi connectivity index (χ2v) is 3.21. The van der Waals surface area contributed by atoms with Crippen LogP contribution in [0, 0.1) is 0 Å². The van der Waals surface area contributed by atoms with E-state index in [1.54, 1.807) is 6.20 Å². The van der Waals surface area contributed by atoms with Crippen molar-refractivity contribution in [1.29, 1.82) is 0 Å². The van der Waals surface area contributed by atoms with Crippen molar-refractivity contribution in [2.24, 2.45) is 0 Å². The van der Waals surface area contributed by atoms with E-state index >= 15 is 0 Å². The van der Waals surface area contributed by atoms with Crippen LogP contribution in [-0.4, -0.2) is 20.3 Å². The predicted octanol–water partition coefficient (Wildman–Crippen LogP) is 2.37. The Hall–Kier alpha value is -1.16. The van der Waals surface area contributed by atoms with Crippen molar-refractivity contribution in [2.45, 2.75) is 0 Å². The molecule has 0 aliphatic rings. The van der Waals surface area contributed by atoms with Gasteiger partial charge < -0.3 is 4.98 Å². The molecule has 66 valence electrons. The average Bonchev–Trinajstić information content (AvgIpc) is 2.61. The fourth-order valence-electron chi connectivity index (χ4n) is 1.09. The van der Waals surface area contributed by atoms with Crippen molar-refractivity contribution in [3.63, 3.8) is 0 Å². The molecular formula is C9H8BrN3. The van der Waals surface area contributed by atoms with Gasteiger partial charge in [-0.1, -0.05) is 22.0 Å². The quantitative estimate of drug-likeness (QED) is 0.816. The van der Waals surface area contributed by atoms with Gasteiger partial charge in [0.2, 0.25) is 0 Å². The number of aromatic nitrogens is 3. The van der Waals surface area contributed by atoms with E-state index in [1.165, 1.54) is 0 Å². The Morgan fingerprint density at radius 2 is 2.46 bits per heavy atom. The molecule has 4 heteroatoms. The van der Waals surface area contributed by atoms with E-state index in [0.717, 1.165) is 22.2 Å². The molecule has 2 heterocycles. The molecule has 0 aliphatic heterocycles. The number of fused-ring (bicyclic) bond motifs is 1. The summed E-state index contributed by atoms with van der Waals surface area (Å²) in [5, 5.41) is 0.833. The van der Waals surface area contributed by atoms with Gasteiger partial charge in [-0.05, 0) is 12.1 Å². The molecule has 0 aliphatic carbocycles. The van der Waals surface area contributed by atoms with Crippen LogP contribution in [0.3, 0.4) is 0 Å². The van der Waals surface area contributed by atoms with Crippen LogP contribution >= 0.6 is 15.9 Å². The second-order valence-electron chi connectivity index (χ2n) is 2.56. The highest BCUT2D eigenvalue weighted by Gasteiger charge is 1.96. The molecule has 0 bridgehead atoms. The first kappa shape index (κ1) is 8.44. The lowest BCUT2D eigenvalue weighted by Crippen LogP contribution is -1.84. The van der Waals surface area contributed by atoms with Crippen LogP contribution < -0.4 is 0 Å². The number of allylic oxidation sites excluding steroid dienone is 1. The number of rotatable bonds is 2. The largest absolute Gasteiger partial charge is 0.345 e. The van der Waals surface area contributed by atoms with Gasteiger partial charge in [0.1, 0.15) is 5.52 Å². The summed E-state index contributed by atoms with van der Waals surface area (Å²) >= 11 is 3.31. The van der Waals surface area contributed by atoms with E-state index in [0.29, 0.717) is 0 Å². The maximum absolute atomic E-state index is 4.37. The lowest BCUT2D eigenvalue weighted by molar-refractivity contribution is 1.24. The molecule has 0 unspecified atom stereocenters. The highest BCUT2D eigenvalue weighted by atomic mass is 79.9. The normalized spacial score (nSPS) is 11.5. The number of nitrogens with one attached hydrogen (secondary N) is 1. The van der Waals surface area contributed by atoms with Gasteiger partial charge in [0.25, 0.3) is 0 Å². The number of halogens is 1. The van der Waals surface area contributed by atoms with Crippen LogP contribution in [-0.2, 0) is 0 Å². The van der Waals surface area contributed by atoms with E-state index in [1.807, 2.05) is 24.4 Å². The first-order valence-electron chi connectivity index (χ1n) is 3.93. The smallest absolute Gasteiger partial charge is 0.156 e. The van der Waals surface area contributed by atoms with Crippen molar-refractivity contribution in [3.8, 4) is 0 Å². The SMILES string of the molecule is BrCC=Cc1cnc2[nH]ccc2n1. The van der Waals surface area contributed by atoms with Crippen molar-refractivity contribution in [3.05, 3.63) is 30.2 Å².